The van der Waals surface area contributed by atoms with Gasteiger partial charge >= 0.3 is 5.97 Å². The maximum atomic E-state index is 12.2. The van der Waals surface area contributed by atoms with Gasteiger partial charge < -0.3 is 14.8 Å². The molecule has 2 aromatic carbocycles. The van der Waals surface area contributed by atoms with E-state index in [0.29, 0.717) is 11.3 Å². The number of hydrogen-bond acceptors (Lipinski definition) is 5. The summed E-state index contributed by atoms with van der Waals surface area (Å²) in [4.78, 5) is 34.7. The van der Waals surface area contributed by atoms with Gasteiger partial charge in [0.05, 0.1) is 6.04 Å². The Morgan fingerprint density at radius 2 is 1.66 bits per heavy atom. The zero-order valence-corrected chi connectivity index (χ0v) is 17.0. The molecule has 1 atom stereocenters. The predicted octanol–water partition coefficient (Wildman–Crippen LogP) is 3.50. The Labute approximate surface area is 171 Å². The lowest BCUT2D eigenvalue weighted by Crippen LogP contribution is -2.35. The molecular formula is C23H27NO5. The van der Waals surface area contributed by atoms with Crippen molar-refractivity contribution in [3.63, 3.8) is 0 Å². The van der Waals surface area contributed by atoms with Crippen molar-refractivity contribution in [2.75, 3.05) is 13.2 Å². The van der Waals surface area contributed by atoms with Gasteiger partial charge in [-0.15, -0.1) is 0 Å². The second kappa shape index (κ2) is 11.0. The van der Waals surface area contributed by atoms with Crippen LogP contribution in [0.1, 0.15) is 48.3 Å². The van der Waals surface area contributed by atoms with Crippen molar-refractivity contribution >= 4 is 18.2 Å². The first-order valence-electron chi connectivity index (χ1n) is 9.64. The van der Waals surface area contributed by atoms with Gasteiger partial charge in [-0.2, -0.15) is 0 Å². The highest BCUT2D eigenvalue weighted by Crippen LogP contribution is 2.22. The molecule has 0 saturated heterocycles. The number of amides is 1. The largest absolute Gasteiger partial charge is 0.482 e. The van der Waals surface area contributed by atoms with Crippen molar-refractivity contribution in [3.05, 3.63) is 65.2 Å². The van der Waals surface area contributed by atoms with Crippen LogP contribution in [0.15, 0.2) is 48.5 Å². The summed E-state index contributed by atoms with van der Waals surface area (Å²) >= 11 is 0. The Bertz CT molecular complexity index is 812. The first-order chi connectivity index (χ1) is 13.9. The summed E-state index contributed by atoms with van der Waals surface area (Å²) in [6.07, 6.45) is 1.68. The van der Waals surface area contributed by atoms with Crippen LogP contribution in [0.25, 0.3) is 0 Å². The number of rotatable bonds is 10. The van der Waals surface area contributed by atoms with Gasteiger partial charge in [0.1, 0.15) is 12.0 Å². The smallest absolute Gasteiger partial charge is 0.344 e. The molecule has 0 spiro atoms. The van der Waals surface area contributed by atoms with Crippen LogP contribution in [0.3, 0.4) is 0 Å². The summed E-state index contributed by atoms with van der Waals surface area (Å²) in [6.45, 7) is 5.44. The van der Waals surface area contributed by atoms with E-state index >= 15 is 0 Å². The van der Waals surface area contributed by atoms with E-state index in [2.05, 4.69) is 24.4 Å². The SMILES string of the molecule is CCc1ccc([C@H](NC(=O)COC(=O)COc2ccc(C=O)cc2)C(C)C)cc1. The minimum Gasteiger partial charge on any atom is -0.482 e. The van der Waals surface area contributed by atoms with Crippen molar-refractivity contribution in [2.45, 2.75) is 33.2 Å². The van der Waals surface area contributed by atoms with E-state index in [9.17, 15) is 14.4 Å². The van der Waals surface area contributed by atoms with Crippen LogP contribution in [0.4, 0.5) is 0 Å². The molecule has 0 heterocycles. The Morgan fingerprint density at radius 3 is 2.21 bits per heavy atom. The first-order valence-corrected chi connectivity index (χ1v) is 9.64. The van der Waals surface area contributed by atoms with E-state index in [4.69, 9.17) is 9.47 Å². The summed E-state index contributed by atoms with van der Waals surface area (Å²) in [5.74, 6) is -0.396. The first kappa shape index (κ1) is 22.1. The molecule has 6 nitrogen and oxygen atoms in total. The predicted molar refractivity (Wildman–Crippen MR) is 110 cm³/mol. The molecule has 154 valence electrons. The standard InChI is InChI=1S/C23H27NO5/c1-4-17-5-9-19(10-6-17)23(16(2)3)24-21(26)14-29-22(27)15-28-20-11-7-18(13-25)8-12-20/h5-13,16,23H,4,14-15H2,1-3H3,(H,24,26)/t23-/m1/s1. The maximum Gasteiger partial charge on any atom is 0.344 e. The fourth-order valence-corrected chi connectivity index (χ4v) is 2.78. The van der Waals surface area contributed by atoms with Crippen molar-refractivity contribution in [1.82, 2.24) is 5.32 Å². The average Bonchev–Trinajstić information content (AvgIpc) is 2.74. The molecule has 0 aliphatic carbocycles. The van der Waals surface area contributed by atoms with Gasteiger partial charge in [0.25, 0.3) is 5.91 Å². The molecule has 0 saturated carbocycles. The topological polar surface area (TPSA) is 81.7 Å². The summed E-state index contributed by atoms with van der Waals surface area (Å²) in [5.41, 5.74) is 2.76. The van der Waals surface area contributed by atoms with E-state index in [0.717, 1.165) is 18.3 Å². The number of esters is 1. The van der Waals surface area contributed by atoms with Gasteiger partial charge in [0.2, 0.25) is 0 Å². The monoisotopic (exact) mass is 397 g/mol. The normalized spacial score (nSPS) is 11.6. The molecule has 0 aliphatic rings. The van der Waals surface area contributed by atoms with Crippen LogP contribution in [0, 0.1) is 5.92 Å². The zero-order chi connectivity index (χ0) is 21.2. The van der Waals surface area contributed by atoms with Crippen LogP contribution in [-0.4, -0.2) is 31.4 Å². The number of benzene rings is 2. The minimum atomic E-state index is -0.645. The van der Waals surface area contributed by atoms with E-state index in [1.807, 2.05) is 26.0 Å². The van der Waals surface area contributed by atoms with Gasteiger partial charge in [0, 0.05) is 5.56 Å². The van der Waals surface area contributed by atoms with E-state index in [1.54, 1.807) is 24.3 Å². The minimum absolute atomic E-state index is 0.167. The third-order valence-corrected chi connectivity index (χ3v) is 4.47. The number of ether oxygens (including phenoxy) is 2. The van der Waals surface area contributed by atoms with Gasteiger partial charge in [-0.05, 0) is 47.7 Å². The Balaban J connectivity index is 1.81. The number of aryl methyl sites for hydroxylation is 1. The molecule has 0 aromatic heterocycles. The Morgan fingerprint density at radius 1 is 1.00 bits per heavy atom. The molecular weight excluding hydrogens is 370 g/mol. The van der Waals surface area contributed by atoms with Crippen molar-refractivity contribution in [3.8, 4) is 5.75 Å². The summed E-state index contributed by atoms with van der Waals surface area (Å²) in [5, 5.41) is 2.92. The maximum absolute atomic E-state index is 12.2. The second-order valence-corrected chi connectivity index (χ2v) is 7.02. The van der Waals surface area contributed by atoms with Gasteiger partial charge in [0.15, 0.2) is 13.2 Å². The van der Waals surface area contributed by atoms with Crippen LogP contribution in [0.2, 0.25) is 0 Å². The molecule has 0 bridgehead atoms. The lowest BCUT2D eigenvalue weighted by Gasteiger charge is -2.23. The zero-order valence-electron chi connectivity index (χ0n) is 17.0. The van der Waals surface area contributed by atoms with Crippen LogP contribution in [-0.2, 0) is 20.7 Å². The van der Waals surface area contributed by atoms with Gasteiger partial charge in [-0.1, -0.05) is 45.0 Å². The fraction of sp³-hybridized carbons (Fsp3) is 0.348. The van der Waals surface area contributed by atoms with Crippen LogP contribution < -0.4 is 10.1 Å². The molecule has 2 rings (SSSR count). The molecule has 0 fully saturated rings. The lowest BCUT2D eigenvalue weighted by molar-refractivity contribution is -0.150. The van der Waals surface area contributed by atoms with Crippen molar-refractivity contribution in [1.29, 1.82) is 0 Å². The van der Waals surface area contributed by atoms with Crippen LogP contribution >= 0.6 is 0 Å². The molecule has 1 N–H and O–H groups in total. The molecule has 29 heavy (non-hydrogen) atoms. The Kier molecular flexibility index (Phi) is 8.40. The number of nitrogens with one attached hydrogen (secondary N) is 1. The van der Waals surface area contributed by atoms with E-state index < -0.39 is 5.97 Å². The Hall–Kier alpha value is -3.15. The second-order valence-electron chi connectivity index (χ2n) is 7.02. The molecule has 0 unspecified atom stereocenters. The summed E-state index contributed by atoms with van der Waals surface area (Å²) < 4.78 is 10.3. The van der Waals surface area contributed by atoms with Crippen LogP contribution in [0.5, 0.6) is 5.75 Å². The fourth-order valence-electron chi connectivity index (χ4n) is 2.78. The molecule has 2 aromatic rings. The molecule has 0 aliphatic heterocycles. The average molecular weight is 397 g/mol. The third-order valence-electron chi connectivity index (χ3n) is 4.47. The summed E-state index contributed by atoms with van der Waals surface area (Å²) in [7, 11) is 0. The summed E-state index contributed by atoms with van der Waals surface area (Å²) in [6, 6.07) is 14.3. The van der Waals surface area contributed by atoms with E-state index in [1.165, 1.54) is 5.56 Å². The van der Waals surface area contributed by atoms with Gasteiger partial charge in [-0.25, -0.2) is 4.79 Å². The molecule has 0 radical (unpaired) electrons. The van der Waals surface area contributed by atoms with E-state index in [-0.39, 0.29) is 31.1 Å². The number of carbonyl (C=O) groups excluding carboxylic acids is 3. The number of carbonyl (C=O) groups is 3. The highest BCUT2D eigenvalue weighted by molar-refractivity contribution is 5.81. The van der Waals surface area contributed by atoms with Gasteiger partial charge in [-0.3, -0.25) is 9.59 Å². The highest BCUT2D eigenvalue weighted by atomic mass is 16.6. The van der Waals surface area contributed by atoms with Crippen molar-refractivity contribution in [2.24, 2.45) is 5.92 Å². The highest BCUT2D eigenvalue weighted by Gasteiger charge is 2.19. The number of aldehydes is 1. The number of hydrogen-bond donors (Lipinski definition) is 1. The quantitative estimate of drug-likeness (QED) is 0.490. The molecule has 6 heteroatoms. The molecule has 1 amide bonds. The van der Waals surface area contributed by atoms with Crippen molar-refractivity contribution < 1.29 is 23.9 Å². The third kappa shape index (κ3) is 7.07. The lowest BCUT2D eigenvalue weighted by atomic mass is 9.95.